The van der Waals surface area contributed by atoms with E-state index in [1.165, 1.54) is 0 Å². The van der Waals surface area contributed by atoms with Gasteiger partial charge in [-0.2, -0.15) is 0 Å². The number of ketones is 1. The highest BCUT2D eigenvalue weighted by Gasteiger charge is 2.20. The molecule has 0 saturated carbocycles. The molecule has 0 unspecified atom stereocenters. The topological polar surface area (TPSA) is 41.9 Å². The van der Waals surface area contributed by atoms with E-state index >= 15 is 0 Å². The number of hydrogen-bond acceptors (Lipinski definition) is 3. The van der Waals surface area contributed by atoms with Crippen molar-refractivity contribution in [3.8, 4) is 5.75 Å². The molecule has 0 radical (unpaired) electrons. The Bertz CT molecular complexity index is 521. The molecule has 1 aromatic carbocycles. The van der Waals surface area contributed by atoms with Crippen molar-refractivity contribution < 1.29 is 9.53 Å². The lowest BCUT2D eigenvalue weighted by atomic mass is 10.1. The first-order valence-electron chi connectivity index (χ1n) is 5.81. The molecule has 94 valence electrons. The van der Waals surface area contributed by atoms with Gasteiger partial charge in [-0.25, -0.2) is 0 Å². The number of ether oxygens (including phenoxy) is 1. The molecule has 0 aliphatic carbocycles. The molecule has 18 heavy (non-hydrogen) atoms. The summed E-state index contributed by atoms with van der Waals surface area (Å²) in [6, 6.07) is 5.44. The minimum absolute atomic E-state index is 0.0289. The molecule has 0 atom stereocenters. The normalized spacial score (nSPS) is 16.8. The van der Waals surface area contributed by atoms with E-state index in [0.29, 0.717) is 24.5 Å². The van der Waals surface area contributed by atoms with Crippen LogP contribution >= 0.6 is 0 Å². The van der Waals surface area contributed by atoms with Gasteiger partial charge >= 0.3 is 0 Å². The van der Waals surface area contributed by atoms with E-state index in [1.54, 1.807) is 32.3 Å². The molecule has 1 heterocycles. The van der Waals surface area contributed by atoms with Crippen molar-refractivity contribution >= 4 is 11.6 Å². The highest BCUT2D eigenvalue weighted by Crippen LogP contribution is 2.25. The number of rotatable bonds is 2. The second kappa shape index (κ2) is 5.04. The molecule has 0 spiro atoms. The van der Waals surface area contributed by atoms with Crippen LogP contribution in [0.3, 0.4) is 0 Å². The van der Waals surface area contributed by atoms with Crippen LogP contribution in [-0.4, -0.2) is 36.7 Å². The Morgan fingerprint density at radius 1 is 1.56 bits per heavy atom. The molecule has 0 bridgehead atoms. The molecule has 0 N–H and O–H groups in total. The maximum Gasteiger partial charge on any atom is 0.159 e. The van der Waals surface area contributed by atoms with Crippen LogP contribution in [0, 0.1) is 0 Å². The van der Waals surface area contributed by atoms with Crippen molar-refractivity contribution in [1.82, 2.24) is 4.90 Å². The van der Waals surface area contributed by atoms with E-state index < -0.39 is 0 Å². The fraction of sp³-hybridized carbons (Fsp3) is 0.286. The first-order valence-corrected chi connectivity index (χ1v) is 5.81. The second-order valence-corrected chi connectivity index (χ2v) is 4.04. The quantitative estimate of drug-likeness (QED) is 0.748. The van der Waals surface area contributed by atoms with Gasteiger partial charge in [-0.3, -0.25) is 9.79 Å². The van der Waals surface area contributed by atoms with E-state index in [1.807, 2.05) is 11.0 Å². The van der Waals surface area contributed by atoms with Crippen molar-refractivity contribution in [2.75, 3.05) is 20.2 Å². The Balaban J connectivity index is 2.53. The number of nitrogens with zero attached hydrogens (tertiary/aromatic N) is 2. The number of carbonyl (C=O) groups excluding carboxylic acids is 1. The maximum atomic E-state index is 11.4. The lowest BCUT2D eigenvalue weighted by molar-refractivity contribution is 0.101. The van der Waals surface area contributed by atoms with Crippen molar-refractivity contribution in [3.05, 3.63) is 42.1 Å². The third kappa shape index (κ3) is 2.14. The van der Waals surface area contributed by atoms with Gasteiger partial charge in [-0.15, -0.1) is 0 Å². The summed E-state index contributed by atoms with van der Waals surface area (Å²) in [6.07, 6.45) is 1.74. The van der Waals surface area contributed by atoms with Gasteiger partial charge in [0.15, 0.2) is 5.78 Å². The third-order valence-electron chi connectivity index (χ3n) is 2.92. The number of amidine groups is 1. The lowest BCUT2D eigenvalue weighted by Crippen LogP contribution is -2.27. The Labute approximate surface area is 107 Å². The predicted octanol–water partition coefficient (Wildman–Crippen LogP) is 2.10. The van der Waals surface area contributed by atoms with Gasteiger partial charge in [0.1, 0.15) is 18.2 Å². The largest absolute Gasteiger partial charge is 0.491 e. The van der Waals surface area contributed by atoms with E-state index in [4.69, 9.17) is 4.74 Å². The zero-order valence-corrected chi connectivity index (χ0v) is 10.6. The summed E-state index contributed by atoms with van der Waals surface area (Å²) >= 11 is 0. The minimum Gasteiger partial charge on any atom is -0.491 e. The molecule has 1 aromatic rings. The smallest absolute Gasteiger partial charge is 0.159 e. The predicted molar refractivity (Wildman–Crippen MR) is 71.3 cm³/mol. The van der Waals surface area contributed by atoms with Gasteiger partial charge in [-0.05, 0) is 25.3 Å². The molecular formula is C14H16N2O2. The maximum absolute atomic E-state index is 11.4. The van der Waals surface area contributed by atoms with Crippen molar-refractivity contribution in [3.63, 3.8) is 0 Å². The zero-order chi connectivity index (χ0) is 13.1. The zero-order valence-electron chi connectivity index (χ0n) is 10.6. The Hall–Kier alpha value is -2.10. The molecule has 1 aliphatic rings. The van der Waals surface area contributed by atoms with Gasteiger partial charge in [-0.1, -0.05) is 12.6 Å². The number of fused-ring (bicyclic) bond motifs is 1. The van der Waals surface area contributed by atoms with Gasteiger partial charge in [0.05, 0.1) is 12.1 Å². The summed E-state index contributed by atoms with van der Waals surface area (Å²) in [7, 11) is 1.74. The molecule has 0 amide bonds. The van der Waals surface area contributed by atoms with Crippen LogP contribution in [0.15, 0.2) is 36.0 Å². The van der Waals surface area contributed by atoms with Crippen molar-refractivity contribution in [1.29, 1.82) is 0 Å². The van der Waals surface area contributed by atoms with Crippen LogP contribution in [-0.2, 0) is 0 Å². The summed E-state index contributed by atoms with van der Waals surface area (Å²) in [5.74, 6) is 1.54. The fourth-order valence-electron chi connectivity index (χ4n) is 1.99. The van der Waals surface area contributed by atoms with Crippen LogP contribution in [0.25, 0.3) is 0 Å². The van der Waals surface area contributed by atoms with E-state index in [0.717, 1.165) is 11.4 Å². The Morgan fingerprint density at radius 3 is 2.94 bits per heavy atom. The standard InChI is InChI=1S/C14H16N2O2/c1-4-16-7-8-18-13-9-11(10(2)17)5-6-12(13)14(16)15-3/h4-6,9H,1,7-8H2,2-3H3. The van der Waals surface area contributed by atoms with Gasteiger partial charge < -0.3 is 9.64 Å². The number of Topliss-reactive ketones (excluding diaryl/α,β-unsaturated/α-hetero) is 1. The number of aliphatic imine (C=N–C) groups is 1. The van der Waals surface area contributed by atoms with Crippen LogP contribution < -0.4 is 4.74 Å². The Kier molecular flexibility index (Phi) is 3.46. The fourth-order valence-corrected chi connectivity index (χ4v) is 1.99. The summed E-state index contributed by atoms with van der Waals surface area (Å²) in [5, 5.41) is 0. The van der Waals surface area contributed by atoms with Gasteiger partial charge in [0.25, 0.3) is 0 Å². The molecule has 0 aromatic heterocycles. The molecule has 4 nitrogen and oxygen atoms in total. The van der Waals surface area contributed by atoms with Crippen LogP contribution in [0.2, 0.25) is 0 Å². The van der Waals surface area contributed by atoms with E-state index in [-0.39, 0.29) is 5.78 Å². The average Bonchev–Trinajstić information content (AvgIpc) is 2.55. The first-order chi connectivity index (χ1) is 8.67. The molecule has 1 aliphatic heterocycles. The monoisotopic (exact) mass is 244 g/mol. The first kappa shape index (κ1) is 12.4. The molecule has 2 rings (SSSR count). The number of benzene rings is 1. The van der Waals surface area contributed by atoms with Crippen molar-refractivity contribution in [2.45, 2.75) is 6.92 Å². The summed E-state index contributed by atoms with van der Waals surface area (Å²) in [5.41, 5.74) is 1.54. The molecule has 4 heteroatoms. The number of carbonyl (C=O) groups is 1. The number of hydrogen-bond donors (Lipinski definition) is 0. The molecule has 0 saturated heterocycles. The highest BCUT2D eigenvalue weighted by atomic mass is 16.5. The van der Waals surface area contributed by atoms with Gasteiger partial charge in [0.2, 0.25) is 0 Å². The Morgan fingerprint density at radius 2 is 2.33 bits per heavy atom. The molecular weight excluding hydrogens is 228 g/mol. The summed E-state index contributed by atoms with van der Waals surface area (Å²) in [6.45, 7) is 6.56. The molecule has 0 fully saturated rings. The average molecular weight is 244 g/mol. The minimum atomic E-state index is 0.0289. The SMILES string of the molecule is C=CN1CCOc2cc(C(C)=O)ccc2C1=NC. The van der Waals surface area contributed by atoms with E-state index in [2.05, 4.69) is 11.6 Å². The van der Waals surface area contributed by atoms with Crippen LogP contribution in [0.1, 0.15) is 22.8 Å². The second-order valence-electron chi connectivity index (χ2n) is 4.04. The van der Waals surface area contributed by atoms with E-state index in [9.17, 15) is 4.79 Å². The highest BCUT2D eigenvalue weighted by molar-refractivity contribution is 6.03. The third-order valence-corrected chi connectivity index (χ3v) is 2.92. The summed E-state index contributed by atoms with van der Waals surface area (Å²) < 4.78 is 5.68. The van der Waals surface area contributed by atoms with Crippen molar-refractivity contribution in [2.24, 2.45) is 4.99 Å². The summed E-state index contributed by atoms with van der Waals surface area (Å²) in [4.78, 5) is 17.6. The van der Waals surface area contributed by atoms with Crippen LogP contribution in [0.5, 0.6) is 5.75 Å². The van der Waals surface area contributed by atoms with Gasteiger partial charge in [0, 0.05) is 12.6 Å². The van der Waals surface area contributed by atoms with Crippen LogP contribution in [0.4, 0.5) is 0 Å². The lowest BCUT2D eigenvalue weighted by Gasteiger charge is -2.18.